The van der Waals surface area contributed by atoms with Crippen LogP contribution >= 0.6 is 0 Å². The highest BCUT2D eigenvalue weighted by molar-refractivity contribution is 5.10. The molecular formula is C7H10N2O2. The van der Waals surface area contributed by atoms with Crippen LogP contribution in [0.3, 0.4) is 0 Å². The third-order valence-electron chi connectivity index (χ3n) is 1.15. The van der Waals surface area contributed by atoms with Crippen LogP contribution in [0.1, 0.15) is 12.6 Å². The third-order valence-corrected chi connectivity index (χ3v) is 1.15. The molecule has 0 aliphatic rings. The van der Waals surface area contributed by atoms with E-state index < -0.39 is 0 Å². The molecule has 0 atom stereocenters. The van der Waals surface area contributed by atoms with Gasteiger partial charge < -0.3 is 9.84 Å². The van der Waals surface area contributed by atoms with Crippen molar-refractivity contribution < 1.29 is 9.84 Å². The minimum absolute atomic E-state index is 0.0839. The molecule has 0 bridgehead atoms. The van der Waals surface area contributed by atoms with Crippen molar-refractivity contribution in [2.24, 2.45) is 0 Å². The number of hydrogen-bond donors (Lipinski definition) is 1. The lowest BCUT2D eigenvalue weighted by atomic mass is 10.4. The first kappa shape index (κ1) is 7.94. The molecule has 1 heterocycles. The summed E-state index contributed by atoms with van der Waals surface area (Å²) in [6.07, 6.45) is 0. The molecule has 0 saturated heterocycles. The van der Waals surface area contributed by atoms with Crippen molar-refractivity contribution in [1.82, 2.24) is 10.2 Å². The van der Waals surface area contributed by atoms with E-state index in [2.05, 4.69) is 10.2 Å². The van der Waals surface area contributed by atoms with Gasteiger partial charge in [0.05, 0.1) is 18.9 Å². The lowest BCUT2D eigenvalue weighted by molar-refractivity contribution is 0.272. The fourth-order valence-corrected chi connectivity index (χ4v) is 0.657. The van der Waals surface area contributed by atoms with Crippen molar-refractivity contribution in [3.63, 3.8) is 0 Å². The molecule has 0 amide bonds. The van der Waals surface area contributed by atoms with Crippen LogP contribution in [-0.4, -0.2) is 21.9 Å². The monoisotopic (exact) mass is 154 g/mol. The summed E-state index contributed by atoms with van der Waals surface area (Å²) in [7, 11) is 0. The summed E-state index contributed by atoms with van der Waals surface area (Å²) < 4.78 is 5.05. The van der Waals surface area contributed by atoms with Crippen LogP contribution in [0.25, 0.3) is 0 Å². The first-order valence-electron chi connectivity index (χ1n) is 3.43. The van der Waals surface area contributed by atoms with Crippen molar-refractivity contribution in [3.05, 3.63) is 17.8 Å². The Morgan fingerprint density at radius 3 is 2.73 bits per heavy atom. The van der Waals surface area contributed by atoms with Crippen molar-refractivity contribution in [1.29, 1.82) is 0 Å². The van der Waals surface area contributed by atoms with Crippen LogP contribution in [-0.2, 0) is 6.61 Å². The summed E-state index contributed by atoms with van der Waals surface area (Å²) in [5, 5.41) is 16.0. The SMILES string of the molecule is CCOc1ccc(CO)nn1. The zero-order valence-corrected chi connectivity index (χ0v) is 6.32. The molecule has 0 unspecified atom stereocenters. The normalized spacial score (nSPS) is 9.64. The van der Waals surface area contributed by atoms with E-state index >= 15 is 0 Å². The van der Waals surface area contributed by atoms with Gasteiger partial charge in [0.2, 0.25) is 5.88 Å². The van der Waals surface area contributed by atoms with Gasteiger partial charge in [-0.05, 0) is 13.0 Å². The number of aliphatic hydroxyl groups excluding tert-OH is 1. The maximum atomic E-state index is 8.62. The van der Waals surface area contributed by atoms with Gasteiger partial charge in [0.25, 0.3) is 0 Å². The van der Waals surface area contributed by atoms with Crippen LogP contribution in [0.4, 0.5) is 0 Å². The number of rotatable bonds is 3. The molecule has 1 aromatic heterocycles. The third kappa shape index (κ3) is 2.16. The summed E-state index contributed by atoms with van der Waals surface area (Å²) in [5.41, 5.74) is 0.549. The summed E-state index contributed by atoms with van der Waals surface area (Å²) >= 11 is 0. The number of ether oxygens (including phenoxy) is 1. The predicted molar refractivity (Wildman–Crippen MR) is 39.1 cm³/mol. The fourth-order valence-electron chi connectivity index (χ4n) is 0.657. The quantitative estimate of drug-likeness (QED) is 0.683. The van der Waals surface area contributed by atoms with Gasteiger partial charge in [-0.25, -0.2) is 0 Å². The lowest BCUT2D eigenvalue weighted by Crippen LogP contribution is -1.98. The van der Waals surface area contributed by atoms with E-state index in [1.807, 2.05) is 6.92 Å². The van der Waals surface area contributed by atoms with Crippen LogP contribution in [0.2, 0.25) is 0 Å². The smallest absolute Gasteiger partial charge is 0.233 e. The molecule has 1 aromatic rings. The largest absolute Gasteiger partial charge is 0.477 e. The van der Waals surface area contributed by atoms with Gasteiger partial charge in [0.1, 0.15) is 0 Å². The molecule has 0 fully saturated rings. The number of aliphatic hydroxyl groups is 1. The zero-order valence-electron chi connectivity index (χ0n) is 6.32. The summed E-state index contributed by atoms with van der Waals surface area (Å²) in [6, 6.07) is 3.36. The van der Waals surface area contributed by atoms with E-state index in [4.69, 9.17) is 9.84 Å². The van der Waals surface area contributed by atoms with Gasteiger partial charge in [0.15, 0.2) is 0 Å². The van der Waals surface area contributed by atoms with Gasteiger partial charge in [-0.15, -0.1) is 10.2 Å². The number of aromatic nitrogens is 2. The molecule has 0 aliphatic heterocycles. The highest BCUT2D eigenvalue weighted by atomic mass is 16.5. The van der Waals surface area contributed by atoms with Crippen LogP contribution in [0, 0.1) is 0 Å². The Bertz CT molecular complexity index is 210. The molecule has 4 heteroatoms. The highest BCUT2D eigenvalue weighted by Gasteiger charge is 1.94. The minimum Gasteiger partial charge on any atom is -0.477 e. The standard InChI is InChI=1S/C7H10N2O2/c1-2-11-7-4-3-6(5-10)8-9-7/h3-4,10H,2,5H2,1H3. The van der Waals surface area contributed by atoms with Gasteiger partial charge in [0, 0.05) is 6.07 Å². The average molecular weight is 154 g/mol. The topological polar surface area (TPSA) is 55.2 Å². The van der Waals surface area contributed by atoms with Gasteiger partial charge >= 0.3 is 0 Å². The Morgan fingerprint density at radius 1 is 1.45 bits per heavy atom. The molecular weight excluding hydrogens is 144 g/mol. The lowest BCUT2D eigenvalue weighted by Gasteiger charge is -1.99. The van der Waals surface area contributed by atoms with E-state index in [1.165, 1.54) is 0 Å². The van der Waals surface area contributed by atoms with E-state index in [0.29, 0.717) is 18.2 Å². The van der Waals surface area contributed by atoms with Crippen LogP contribution in [0.5, 0.6) is 5.88 Å². The fraction of sp³-hybridized carbons (Fsp3) is 0.429. The summed E-state index contributed by atoms with van der Waals surface area (Å²) in [5.74, 6) is 0.490. The van der Waals surface area contributed by atoms with E-state index in [-0.39, 0.29) is 6.61 Å². The zero-order chi connectivity index (χ0) is 8.10. The van der Waals surface area contributed by atoms with Crippen molar-refractivity contribution >= 4 is 0 Å². The molecule has 0 spiro atoms. The maximum absolute atomic E-state index is 8.62. The second-order valence-electron chi connectivity index (χ2n) is 1.95. The molecule has 0 saturated carbocycles. The first-order valence-corrected chi connectivity index (χ1v) is 3.43. The highest BCUT2D eigenvalue weighted by Crippen LogP contribution is 2.03. The van der Waals surface area contributed by atoms with Crippen LogP contribution in [0.15, 0.2) is 12.1 Å². The molecule has 1 rings (SSSR count). The second kappa shape index (κ2) is 3.88. The van der Waals surface area contributed by atoms with Crippen molar-refractivity contribution in [2.45, 2.75) is 13.5 Å². The Hall–Kier alpha value is -1.16. The predicted octanol–water partition coefficient (Wildman–Crippen LogP) is 0.368. The minimum atomic E-state index is -0.0839. The summed E-state index contributed by atoms with van der Waals surface area (Å²) in [6.45, 7) is 2.37. The van der Waals surface area contributed by atoms with Crippen molar-refractivity contribution in [3.8, 4) is 5.88 Å². The van der Waals surface area contributed by atoms with E-state index in [9.17, 15) is 0 Å². The molecule has 0 radical (unpaired) electrons. The van der Waals surface area contributed by atoms with Gasteiger partial charge in [-0.2, -0.15) is 0 Å². The molecule has 0 aliphatic carbocycles. The summed E-state index contributed by atoms with van der Waals surface area (Å²) in [4.78, 5) is 0. The Kier molecular flexibility index (Phi) is 2.80. The molecule has 11 heavy (non-hydrogen) atoms. The second-order valence-corrected chi connectivity index (χ2v) is 1.95. The Balaban J connectivity index is 2.66. The van der Waals surface area contributed by atoms with Crippen molar-refractivity contribution in [2.75, 3.05) is 6.61 Å². The number of hydrogen-bond acceptors (Lipinski definition) is 4. The van der Waals surface area contributed by atoms with Gasteiger partial charge in [-0.3, -0.25) is 0 Å². The van der Waals surface area contributed by atoms with Gasteiger partial charge in [-0.1, -0.05) is 0 Å². The Morgan fingerprint density at radius 2 is 2.27 bits per heavy atom. The van der Waals surface area contributed by atoms with Crippen LogP contribution < -0.4 is 4.74 Å². The maximum Gasteiger partial charge on any atom is 0.233 e. The number of nitrogens with zero attached hydrogens (tertiary/aromatic N) is 2. The first-order chi connectivity index (χ1) is 5.36. The molecule has 4 nitrogen and oxygen atoms in total. The van der Waals surface area contributed by atoms with E-state index in [0.717, 1.165) is 0 Å². The Labute approximate surface area is 64.8 Å². The average Bonchev–Trinajstić information content (AvgIpc) is 2.07. The molecule has 60 valence electrons. The van der Waals surface area contributed by atoms with E-state index in [1.54, 1.807) is 12.1 Å². The molecule has 1 N–H and O–H groups in total. The molecule has 0 aromatic carbocycles.